The summed E-state index contributed by atoms with van der Waals surface area (Å²) < 4.78 is 15.1. The lowest BCUT2D eigenvalue weighted by Crippen LogP contribution is -2.00. The van der Waals surface area contributed by atoms with Gasteiger partial charge in [-0.05, 0) is 41.5 Å². The van der Waals surface area contributed by atoms with Crippen LogP contribution in [0.4, 0.5) is 10.1 Å². The third-order valence-corrected chi connectivity index (χ3v) is 2.64. The summed E-state index contributed by atoms with van der Waals surface area (Å²) in [4.78, 5) is 0. The Labute approximate surface area is 91.1 Å². The van der Waals surface area contributed by atoms with Gasteiger partial charge in [0.25, 0.3) is 0 Å². The minimum absolute atomic E-state index is 0.134. The van der Waals surface area contributed by atoms with Crippen molar-refractivity contribution in [2.24, 2.45) is 0 Å². The number of nitrogens with zero attached hydrogens (tertiary/aromatic N) is 4. The molecule has 0 spiro atoms. The first-order valence-electron chi connectivity index (χ1n) is 5.09. The number of halogens is 1. The molecule has 16 heavy (non-hydrogen) atoms. The number of aromatic nitrogens is 4. The SMILES string of the molecule is Nc1ccc(-c2nnnn2C2CC2)cc1F. The number of nitrogens with two attached hydrogens (primary N) is 1. The monoisotopic (exact) mass is 219 g/mol. The van der Waals surface area contributed by atoms with Crippen molar-refractivity contribution in [1.82, 2.24) is 20.2 Å². The first-order valence-corrected chi connectivity index (χ1v) is 5.09. The van der Waals surface area contributed by atoms with Crippen LogP contribution in [0, 0.1) is 5.82 Å². The van der Waals surface area contributed by atoms with Gasteiger partial charge in [-0.1, -0.05) is 0 Å². The molecule has 82 valence electrons. The third-order valence-electron chi connectivity index (χ3n) is 2.64. The summed E-state index contributed by atoms with van der Waals surface area (Å²) in [5, 5.41) is 11.4. The van der Waals surface area contributed by atoms with E-state index in [2.05, 4.69) is 15.5 Å². The zero-order valence-corrected chi connectivity index (χ0v) is 8.47. The molecule has 0 amide bonds. The van der Waals surface area contributed by atoms with Crippen molar-refractivity contribution in [3.05, 3.63) is 24.0 Å². The number of tetrazole rings is 1. The third kappa shape index (κ3) is 1.42. The molecule has 1 aromatic carbocycles. The van der Waals surface area contributed by atoms with Gasteiger partial charge in [-0.3, -0.25) is 0 Å². The standard InChI is InChI=1S/C10H10FN5/c11-8-5-6(1-4-9(8)12)10-13-14-15-16(10)7-2-3-7/h1,4-5,7H,2-3,12H2. The summed E-state index contributed by atoms with van der Waals surface area (Å²) in [6.45, 7) is 0. The maximum atomic E-state index is 13.3. The largest absolute Gasteiger partial charge is 0.396 e. The van der Waals surface area contributed by atoms with E-state index in [0.717, 1.165) is 12.8 Å². The molecular formula is C10H10FN5. The quantitative estimate of drug-likeness (QED) is 0.775. The van der Waals surface area contributed by atoms with Crippen molar-refractivity contribution in [3.63, 3.8) is 0 Å². The summed E-state index contributed by atoms with van der Waals surface area (Å²) in [6, 6.07) is 4.98. The molecule has 1 aliphatic rings. The van der Waals surface area contributed by atoms with Gasteiger partial charge in [-0.25, -0.2) is 9.07 Å². The number of anilines is 1. The lowest BCUT2D eigenvalue weighted by atomic mass is 10.2. The highest BCUT2D eigenvalue weighted by Gasteiger charge is 2.28. The van der Waals surface area contributed by atoms with Crippen LogP contribution in [0.25, 0.3) is 11.4 Å². The Kier molecular flexibility index (Phi) is 1.89. The second-order valence-electron chi connectivity index (χ2n) is 3.91. The molecule has 2 aromatic rings. The van der Waals surface area contributed by atoms with Crippen molar-refractivity contribution >= 4 is 5.69 Å². The van der Waals surface area contributed by atoms with E-state index in [0.29, 0.717) is 17.4 Å². The van der Waals surface area contributed by atoms with Crippen molar-refractivity contribution in [3.8, 4) is 11.4 Å². The molecule has 0 unspecified atom stereocenters. The zero-order chi connectivity index (χ0) is 11.1. The van der Waals surface area contributed by atoms with E-state index in [9.17, 15) is 4.39 Å². The van der Waals surface area contributed by atoms with Gasteiger partial charge < -0.3 is 5.73 Å². The Morgan fingerprint density at radius 1 is 1.38 bits per heavy atom. The van der Waals surface area contributed by atoms with E-state index in [1.165, 1.54) is 12.1 Å². The van der Waals surface area contributed by atoms with Crippen LogP contribution in [-0.4, -0.2) is 20.2 Å². The fourth-order valence-electron chi connectivity index (χ4n) is 1.61. The average Bonchev–Trinajstić information content (AvgIpc) is 3.01. The molecule has 1 saturated carbocycles. The molecule has 3 rings (SSSR count). The van der Waals surface area contributed by atoms with Crippen LogP contribution in [0.15, 0.2) is 18.2 Å². The zero-order valence-electron chi connectivity index (χ0n) is 8.47. The summed E-state index contributed by atoms with van der Waals surface area (Å²) in [7, 11) is 0. The molecular weight excluding hydrogens is 209 g/mol. The Morgan fingerprint density at radius 2 is 2.19 bits per heavy atom. The molecule has 0 saturated heterocycles. The van der Waals surface area contributed by atoms with E-state index < -0.39 is 5.82 Å². The minimum Gasteiger partial charge on any atom is -0.396 e. The van der Waals surface area contributed by atoms with E-state index in [1.54, 1.807) is 10.7 Å². The predicted molar refractivity (Wildman–Crippen MR) is 55.9 cm³/mol. The van der Waals surface area contributed by atoms with Crippen molar-refractivity contribution < 1.29 is 4.39 Å². The maximum absolute atomic E-state index is 13.3. The number of rotatable bonds is 2. The highest BCUT2D eigenvalue weighted by atomic mass is 19.1. The molecule has 1 fully saturated rings. The van der Waals surface area contributed by atoms with Crippen LogP contribution in [0.1, 0.15) is 18.9 Å². The normalized spacial score (nSPS) is 15.3. The van der Waals surface area contributed by atoms with E-state index >= 15 is 0 Å². The molecule has 0 radical (unpaired) electrons. The van der Waals surface area contributed by atoms with Crippen LogP contribution >= 0.6 is 0 Å². The summed E-state index contributed by atoms with van der Waals surface area (Å²) in [5.41, 5.74) is 6.21. The molecule has 0 aliphatic heterocycles. The molecule has 0 bridgehead atoms. The fraction of sp³-hybridized carbons (Fsp3) is 0.300. The molecule has 1 aliphatic carbocycles. The van der Waals surface area contributed by atoms with Gasteiger partial charge in [0.15, 0.2) is 5.82 Å². The molecule has 0 atom stereocenters. The van der Waals surface area contributed by atoms with E-state index in [4.69, 9.17) is 5.73 Å². The highest BCUT2D eigenvalue weighted by Crippen LogP contribution is 2.36. The predicted octanol–water partition coefficient (Wildman–Crippen LogP) is 1.40. The van der Waals surface area contributed by atoms with Gasteiger partial charge in [0.2, 0.25) is 0 Å². The lowest BCUT2D eigenvalue weighted by molar-refractivity contribution is 0.613. The van der Waals surface area contributed by atoms with Crippen LogP contribution in [0.3, 0.4) is 0 Å². The maximum Gasteiger partial charge on any atom is 0.182 e. The van der Waals surface area contributed by atoms with Gasteiger partial charge in [0.1, 0.15) is 5.82 Å². The second kappa shape index (κ2) is 3.26. The van der Waals surface area contributed by atoms with Gasteiger partial charge in [0, 0.05) is 5.56 Å². The van der Waals surface area contributed by atoms with Crippen molar-refractivity contribution in [1.29, 1.82) is 0 Å². The Balaban J connectivity index is 2.07. The Hall–Kier alpha value is -1.98. The van der Waals surface area contributed by atoms with Gasteiger partial charge >= 0.3 is 0 Å². The van der Waals surface area contributed by atoms with Gasteiger partial charge in [0.05, 0.1) is 11.7 Å². The Bertz CT molecular complexity index is 532. The minimum atomic E-state index is -0.442. The van der Waals surface area contributed by atoms with Crippen LogP contribution in [-0.2, 0) is 0 Å². The molecule has 6 heteroatoms. The second-order valence-corrected chi connectivity index (χ2v) is 3.91. The van der Waals surface area contributed by atoms with E-state index in [1.807, 2.05) is 0 Å². The summed E-state index contributed by atoms with van der Waals surface area (Å²) >= 11 is 0. The highest BCUT2D eigenvalue weighted by molar-refractivity contribution is 5.59. The summed E-state index contributed by atoms with van der Waals surface area (Å²) in [5.74, 6) is 0.157. The van der Waals surface area contributed by atoms with Gasteiger partial charge in [-0.2, -0.15) is 0 Å². The molecule has 5 nitrogen and oxygen atoms in total. The van der Waals surface area contributed by atoms with Gasteiger partial charge in [-0.15, -0.1) is 5.10 Å². The first-order chi connectivity index (χ1) is 7.75. The molecule has 1 heterocycles. The summed E-state index contributed by atoms with van der Waals surface area (Å²) in [6.07, 6.45) is 2.16. The molecule has 2 N–H and O–H groups in total. The smallest absolute Gasteiger partial charge is 0.182 e. The molecule has 1 aromatic heterocycles. The first kappa shape index (κ1) is 9.26. The topological polar surface area (TPSA) is 69.6 Å². The number of benzene rings is 1. The van der Waals surface area contributed by atoms with Crippen LogP contribution in [0.2, 0.25) is 0 Å². The van der Waals surface area contributed by atoms with Crippen LogP contribution < -0.4 is 5.73 Å². The van der Waals surface area contributed by atoms with Crippen molar-refractivity contribution in [2.75, 3.05) is 5.73 Å². The number of nitrogen functional groups attached to an aromatic ring is 1. The fourth-order valence-corrected chi connectivity index (χ4v) is 1.61. The average molecular weight is 219 g/mol. The number of hydrogen-bond acceptors (Lipinski definition) is 4. The lowest BCUT2D eigenvalue weighted by Gasteiger charge is -2.03. The van der Waals surface area contributed by atoms with Crippen LogP contribution in [0.5, 0.6) is 0 Å². The van der Waals surface area contributed by atoms with E-state index in [-0.39, 0.29) is 5.69 Å². The Morgan fingerprint density at radius 3 is 2.88 bits per heavy atom. The van der Waals surface area contributed by atoms with Crippen molar-refractivity contribution in [2.45, 2.75) is 18.9 Å². The number of hydrogen-bond donors (Lipinski definition) is 1.